The molecule has 1 aromatic heterocycles. The molecule has 0 saturated carbocycles. The molecule has 1 rings (SSSR count). The summed E-state index contributed by atoms with van der Waals surface area (Å²) in [5.41, 5.74) is 5.33. The van der Waals surface area contributed by atoms with Gasteiger partial charge in [-0.2, -0.15) is 0 Å². The highest BCUT2D eigenvalue weighted by atomic mass is 35.5. The summed E-state index contributed by atoms with van der Waals surface area (Å²) in [6.45, 7) is 2.18. The molecule has 0 fully saturated rings. The number of nitrogens with one attached hydrogen (secondary N) is 1. The van der Waals surface area contributed by atoms with Crippen molar-refractivity contribution in [3.63, 3.8) is 0 Å². The molecule has 72 valence electrons. The van der Waals surface area contributed by atoms with Crippen molar-refractivity contribution in [3.05, 3.63) is 23.1 Å². The second-order valence-electron chi connectivity index (χ2n) is 2.71. The van der Waals surface area contributed by atoms with Gasteiger partial charge < -0.3 is 15.5 Å². The van der Waals surface area contributed by atoms with E-state index in [-0.39, 0.29) is 17.7 Å². The standard InChI is InChI=1S/C8H11ClN2O2/c1-5(4-10)11-8(12)7-6(9)2-3-13-7/h2-3,5H,4,10H2,1H3,(H,11,12). The number of hydrogen-bond acceptors (Lipinski definition) is 3. The summed E-state index contributed by atoms with van der Waals surface area (Å²) in [4.78, 5) is 11.4. The van der Waals surface area contributed by atoms with Crippen LogP contribution in [0.4, 0.5) is 0 Å². The Bertz CT molecular complexity index is 298. The van der Waals surface area contributed by atoms with Crippen LogP contribution in [-0.4, -0.2) is 18.5 Å². The largest absolute Gasteiger partial charge is 0.458 e. The van der Waals surface area contributed by atoms with Gasteiger partial charge in [0.1, 0.15) is 0 Å². The zero-order valence-corrected chi connectivity index (χ0v) is 7.97. The van der Waals surface area contributed by atoms with Crippen LogP contribution < -0.4 is 11.1 Å². The highest BCUT2D eigenvalue weighted by Gasteiger charge is 2.15. The summed E-state index contributed by atoms with van der Waals surface area (Å²) >= 11 is 5.68. The summed E-state index contributed by atoms with van der Waals surface area (Å²) in [6, 6.07) is 1.43. The molecule has 0 saturated heterocycles. The maximum atomic E-state index is 11.4. The van der Waals surface area contributed by atoms with Crippen molar-refractivity contribution in [1.29, 1.82) is 0 Å². The van der Waals surface area contributed by atoms with Gasteiger partial charge >= 0.3 is 0 Å². The van der Waals surface area contributed by atoms with Crippen LogP contribution in [-0.2, 0) is 0 Å². The summed E-state index contributed by atoms with van der Waals surface area (Å²) in [6.07, 6.45) is 1.37. The van der Waals surface area contributed by atoms with Gasteiger partial charge in [-0.3, -0.25) is 4.79 Å². The number of halogens is 1. The molecule has 1 atom stereocenters. The van der Waals surface area contributed by atoms with Gasteiger partial charge in [0.15, 0.2) is 0 Å². The van der Waals surface area contributed by atoms with Crippen molar-refractivity contribution in [3.8, 4) is 0 Å². The fourth-order valence-corrected chi connectivity index (χ4v) is 0.986. The average molecular weight is 203 g/mol. The van der Waals surface area contributed by atoms with Crippen LogP contribution in [0.2, 0.25) is 5.02 Å². The van der Waals surface area contributed by atoms with Crippen LogP contribution in [0.25, 0.3) is 0 Å². The van der Waals surface area contributed by atoms with E-state index in [1.165, 1.54) is 12.3 Å². The monoisotopic (exact) mass is 202 g/mol. The molecular formula is C8H11ClN2O2. The number of furan rings is 1. The van der Waals surface area contributed by atoms with Crippen LogP contribution in [0.15, 0.2) is 16.7 Å². The number of carbonyl (C=O) groups excluding carboxylic acids is 1. The minimum atomic E-state index is -0.340. The van der Waals surface area contributed by atoms with Gasteiger partial charge in [0, 0.05) is 12.6 Å². The van der Waals surface area contributed by atoms with E-state index in [4.69, 9.17) is 21.8 Å². The molecule has 0 aromatic carbocycles. The number of carbonyl (C=O) groups is 1. The third-order valence-electron chi connectivity index (χ3n) is 1.55. The predicted octanol–water partition coefficient (Wildman–Crippen LogP) is 1.01. The van der Waals surface area contributed by atoms with E-state index in [1.807, 2.05) is 0 Å². The number of amides is 1. The van der Waals surface area contributed by atoms with Gasteiger partial charge in [-0.1, -0.05) is 11.6 Å². The lowest BCUT2D eigenvalue weighted by molar-refractivity contribution is 0.0913. The number of nitrogens with two attached hydrogens (primary N) is 1. The van der Waals surface area contributed by atoms with E-state index < -0.39 is 0 Å². The van der Waals surface area contributed by atoms with Crippen LogP contribution in [0.3, 0.4) is 0 Å². The van der Waals surface area contributed by atoms with Crippen LogP contribution in [0.5, 0.6) is 0 Å². The smallest absolute Gasteiger partial charge is 0.288 e. The molecule has 0 bridgehead atoms. The Kier molecular flexibility index (Phi) is 3.33. The third kappa shape index (κ3) is 2.47. The molecule has 5 heteroatoms. The zero-order valence-electron chi connectivity index (χ0n) is 7.21. The van der Waals surface area contributed by atoms with Crippen molar-refractivity contribution < 1.29 is 9.21 Å². The van der Waals surface area contributed by atoms with Gasteiger partial charge in [0.05, 0.1) is 11.3 Å². The van der Waals surface area contributed by atoms with Gasteiger partial charge in [-0.25, -0.2) is 0 Å². The van der Waals surface area contributed by atoms with Gasteiger partial charge in [0.25, 0.3) is 5.91 Å². The molecule has 0 aliphatic heterocycles. The second-order valence-corrected chi connectivity index (χ2v) is 3.12. The maximum Gasteiger partial charge on any atom is 0.288 e. The number of hydrogen-bond donors (Lipinski definition) is 2. The Morgan fingerprint density at radius 2 is 2.54 bits per heavy atom. The summed E-state index contributed by atoms with van der Waals surface area (Å²) in [7, 11) is 0. The van der Waals surface area contributed by atoms with Crippen molar-refractivity contribution in [2.75, 3.05) is 6.54 Å². The predicted molar refractivity (Wildman–Crippen MR) is 49.7 cm³/mol. The molecule has 0 aliphatic rings. The molecule has 1 unspecified atom stereocenters. The highest BCUT2D eigenvalue weighted by Crippen LogP contribution is 2.16. The second kappa shape index (κ2) is 4.30. The number of rotatable bonds is 3. The SMILES string of the molecule is CC(CN)NC(=O)c1occc1Cl. The van der Waals surface area contributed by atoms with Gasteiger partial charge in [-0.15, -0.1) is 0 Å². The summed E-state index contributed by atoms with van der Waals surface area (Å²) in [5, 5.41) is 2.94. The van der Waals surface area contributed by atoms with E-state index >= 15 is 0 Å². The normalized spacial score (nSPS) is 12.5. The topological polar surface area (TPSA) is 68.3 Å². The Hall–Kier alpha value is -1.00. The first-order valence-corrected chi connectivity index (χ1v) is 4.27. The third-order valence-corrected chi connectivity index (χ3v) is 1.85. The van der Waals surface area contributed by atoms with Gasteiger partial charge in [0.2, 0.25) is 5.76 Å². The summed E-state index contributed by atoms with van der Waals surface area (Å²) < 4.78 is 4.89. The Balaban J connectivity index is 2.64. The van der Waals surface area contributed by atoms with Crippen LogP contribution in [0, 0.1) is 0 Å². The van der Waals surface area contributed by atoms with E-state index in [0.717, 1.165) is 0 Å². The lowest BCUT2D eigenvalue weighted by atomic mass is 10.3. The fraction of sp³-hybridized carbons (Fsp3) is 0.375. The van der Waals surface area contributed by atoms with Crippen LogP contribution in [0.1, 0.15) is 17.5 Å². The molecule has 4 nitrogen and oxygen atoms in total. The molecule has 1 heterocycles. The van der Waals surface area contributed by atoms with E-state index in [1.54, 1.807) is 6.92 Å². The van der Waals surface area contributed by atoms with Crippen molar-refractivity contribution in [1.82, 2.24) is 5.32 Å². The van der Waals surface area contributed by atoms with Crippen LogP contribution >= 0.6 is 11.6 Å². The lowest BCUT2D eigenvalue weighted by Gasteiger charge is -2.09. The first kappa shape index (κ1) is 10.1. The first-order valence-electron chi connectivity index (χ1n) is 3.89. The first-order chi connectivity index (χ1) is 6.15. The van der Waals surface area contributed by atoms with Crippen molar-refractivity contribution in [2.24, 2.45) is 5.73 Å². The van der Waals surface area contributed by atoms with E-state index in [0.29, 0.717) is 11.6 Å². The summed E-state index contributed by atoms with van der Waals surface area (Å²) in [5.74, 6) is -0.213. The zero-order chi connectivity index (χ0) is 9.84. The molecule has 1 aromatic rings. The average Bonchev–Trinajstić information content (AvgIpc) is 2.51. The minimum absolute atomic E-state index is 0.0892. The molecule has 13 heavy (non-hydrogen) atoms. The lowest BCUT2D eigenvalue weighted by Crippen LogP contribution is -2.37. The molecule has 0 aliphatic carbocycles. The highest BCUT2D eigenvalue weighted by molar-refractivity contribution is 6.33. The fourth-order valence-electron chi connectivity index (χ4n) is 0.804. The molecule has 0 spiro atoms. The van der Waals surface area contributed by atoms with E-state index in [2.05, 4.69) is 5.32 Å². The Morgan fingerprint density at radius 3 is 3.00 bits per heavy atom. The molecule has 0 radical (unpaired) electrons. The van der Waals surface area contributed by atoms with E-state index in [9.17, 15) is 4.79 Å². The van der Waals surface area contributed by atoms with Gasteiger partial charge in [-0.05, 0) is 13.0 Å². The molecule has 1 amide bonds. The quantitative estimate of drug-likeness (QED) is 0.769. The Morgan fingerprint density at radius 1 is 1.85 bits per heavy atom. The van der Waals surface area contributed by atoms with Crippen molar-refractivity contribution in [2.45, 2.75) is 13.0 Å². The van der Waals surface area contributed by atoms with Crippen molar-refractivity contribution >= 4 is 17.5 Å². The molecule has 3 N–H and O–H groups in total. The Labute approximate surface area is 81.0 Å². The molecular weight excluding hydrogens is 192 g/mol. The minimum Gasteiger partial charge on any atom is -0.458 e. The maximum absolute atomic E-state index is 11.4.